The van der Waals surface area contributed by atoms with Gasteiger partial charge in [0.25, 0.3) is 0 Å². The average molecular weight is 255 g/mol. The molecule has 0 spiro atoms. The maximum absolute atomic E-state index is 11.7. The first-order chi connectivity index (χ1) is 8.47. The summed E-state index contributed by atoms with van der Waals surface area (Å²) < 4.78 is 11.1. The summed E-state index contributed by atoms with van der Waals surface area (Å²) in [5, 5.41) is 2.94. The number of carbonyl (C=O) groups is 1. The zero-order valence-corrected chi connectivity index (χ0v) is 11.9. The highest BCUT2D eigenvalue weighted by molar-refractivity contribution is 5.92. The summed E-state index contributed by atoms with van der Waals surface area (Å²) in [6.07, 6.45) is 3.61. The Bertz CT molecular complexity index is 306. The second kappa shape index (κ2) is 6.90. The molecule has 0 radical (unpaired) electrons. The molecule has 1 saturated heterocycles. The van der Waals surface area contributed by atoms with Crippen LogP contribution in [-0.2, 0) is 14.3 Å². The molecule has 0 aromatic heterocycles. The van der Waals surface area contributed by atoms with Crippen LogP contribution in [0.2, 0.25) is 0 Å². The molecule has 0 saturated carbocycles. The number of amides is 1. The first kappa shape index (κ1) is 15.2. The van der Waals surface area contributed by atoms with Crippen LogP contribution in [-0.4, -0.2) is 31.5 Å². The highest BCUT2D eigenvalue weighted by Crippen LogP contribution is 2.26. The predicted molar refractivity (Wildman–Crippen MR) is 71.1 cm³/mol. The van der Waals surface area contributed by atoms with Gasteiger partial charge in [0.05, 0.1) is 13.2 Å². The highest BCUT2D eigenvalue weighted by Gasteiger charge is 2.32. The van der Waals surface area contributed by atoms with Gasteiger partial charge in [-0.05, 0) is 26.2 Å². The van der Waals surface area contributed by atoms with Gasteiger partial charge in [0.1, 0.15) is 0 Å². The van der Waals surface area contributed by atoms with E-state index in [0.717, 1.165) is 18.4 Å². The van der Waals surface area contributed by atoms with Crippen molar-refractivity contribution < 1.29 is 14.3 Å². The van der Waals surface area contributed by atoms with Crippen molar-refractivity contribution in [3.05, 3.63) is 11.6 Å². The van der Waals surface area contributed by atoms with E-state index in [1.807, 2.05) is 26.8 Å². The summed E-state index contributed by atoms with van der Waals surface area (Å²) in [6, 6.07) is 0. The summed E-state index contributed by atoms with van der Waals surface area (Å²) in [6.45, 7) is 9.89. The molecule has 1 aliphatic heterocycles. The van der Waals surface area contributed by atoms with E-state index in [1.165, 1.54) is 0 Å². The molecule has 4 heteroatoms. The van der Waals surface area contributed by atoms with E-state index in [2.05, 4.69) is 12.2 Å². The highest BCUT2D eigenvalue weighted by atomic mass is 16.7. The number of rotatable bonds is 6. The van der Waals surface area contributed by atoms with Crippen LogP contribution in [0.25, 0.3) is 0 Å². The van der Waals surface area contributed by atoms with Crippen molar-refractivity contribution >= 4 is 5.91 Å². The molecule has 1 rings (SSSR count). The first-order valence-electron chi connectivity index (χ1n) is 6.69. The van der Waals surface area contributed by atoms with E-state index in [1.54, 1.807) is 0 Å². The van der Waals surface area contributed by atoms with Gasteiger partial charge in [-0.1, -0.05) is 19.9 Å². The molecule has 1 unspecified atom stereocenters. The fraction of sp³-hybridized carbons (Fsp3) is 0.786. The van der Waals surface area contributed by atoms with Crippen LogP contribution in [0.4, 0.5) is 0 Å². The smallest absolute Gasteiger partial charge is 0.246 e. The lowest BCUT2D eigenvalue weighted by Gasteiger charge is -2.26. The van der Waals surface area contributed by atoms with Crippen LogP contribution >= 0.6 is 0 Å². The molecule has 1 atom stereocenters. The van der Waals surface area contributed by atoms with E-state index < -0.39 is 5.79 Å². The maximum atomic E-state index is 11.7. The maximum Gasteiger partial charge on any atom is 0.246 e. The largest absolute Gasteiger partial charge is 0.352 e. The van der Waals surface area contributed by atoms with Gasteiger partial charge in [0.2, 0.25) is 5.91 Å². The van der Waals surface area contributed by atoms with Crippen molar-refractivity contribution in [3.8, 4) is 0 Å². The third-order valence-electron chi connectivity index (χ3n) is 3.10. The molecule has 0 bridgehead atoms. The summed E-state index contributed by atoms with van der Waals surface area (Å²) in [4.78, 5) is 11.7. The Morgan fingerprint density at radius 1 is 1.44 bits per heavy atom. The molecule has 0 aromatic rings. The van der Waals surface area contributed by atoms with Crippen molar-refractivity contribution in [2.24, 2.45) is 5.92 Å². The molecule has 1 aliphatic rings. The van der Waals surface area contributed by atoms with Gasteiger partial charge in [-0.2, -0.15) is 0 Å². The molecule has 104 valence electrons. The lowest BCUT2D eigenvalue weighted by Crippen LogP contribution is -2.34. The molecule has 4 nitrogen and oxygen atoms in total. The van der Waals surface area contributed by atoms with Gasteiger partial charge >= 0.3 is 0 Å². The van der Waals surface area contributed by atoms with E-state index >= 15 is 0 Å². The second-order valence-corrected chi connectivity index (χ2v) is 5.15. The van der Waals surface area contributed by atoms with Gasteiger partial charge in [-0.3, -0.25) is 4.79 Å². The van der Waals surface area contributed by atoms with Crippen molar-refractivity contribution in [2.75, 3.05) is 19.8 Å². The van der Waals surface area contributed by atoms with Gasteiger partial charge in [-0.25, -0.2) is 0 Å². The Morgan fingerprint density at radius 3 is 2.61 bits per heavy atom. The van der Waals surface area contributed by atoms with Gasteiger partial charge in [-0.15, -0.1) is 0 Å². The third-order valence-corrected chi connectivity index (χ3v) is 3.10. The van der Waals surface area contributed by atoms with Gasteiger partial charge < -0.3 is 14.8 Å². The lowest BCUT2D eigenvalue weighted by atomic mass is 10.0. The van der Waals surface area contributed by atoms with Crippen LogP contribution in [0.1, 0.15) is 40.5 Å². The third kappa shape index (κ3) is 4.78. The number of carbonyl (C=O) groups excluding carboxylic acids is 1. The molecule has 0 aliphatic carbocycles. The summed E-state index contributed by atoms with van der Waals surface area (Å²) in [7, 11) is 0. The zero-order valence-electron chi connectivity index (χ0n) is 11.9. The number of nitrogens with one attached hydrogen (secondary N) is 1. The first-order valence-corrected chi connectivity index (χ1v) is 6.69. The lowest BCUT2D eigenvalue weighted by molar-refractivity contribution is -0.154. The molecule has 1 heterocycles. The number of hydrogen-bond acceptors (Lipinski definition) is 3. The molecule has 0 aromatic carbocycles. The molecule has 1 amide bonds. The molecule has 18 heavy (non-hydrogen) atoms. The summed E-state index contributed by atoms with van der Waals surface area (Å²) in [5.74, 6) is -0.132. The zero-order chi connectivity index (χ0) is 13.6. The van der Waals surface area contributed by atoms with E-state index in [-0.39, 0.29) is 5.91 Å². The minimum Gasteiger partial charge on any atom is -0.352 e. The predicted octanol–water partition coefficient (Wildman–Crippen LogP) is 2.25. The number of ether oxygens (including phenoxy) is 2. The Balaban J connectivity index is 2.30. The summed E-state index contributed by atoms with van der Waals surface area (Å²) >= 11 is 0. The number of allylic oxidation sites excluding steroid dienone is 1. The number of hydrogen-bond donors (Lipinski definition) is 1. The Labute approximate surface area is 110 Å². The topological polar surface area (TPSA) is 47.6 Å². The van der Waals surface area contributed by atoms with Crippen molar-refractivity contribution in [2.45, 2.75) is 46.3 Å². The monoisotopic (exact) mass is 255 g/mol. The molecule has 1 N–H and O–H groups in total. The fourth-order valence-corrected chi connectivity index (χ4v) is 2.19. The standard InChI is InChI=1S/C14H25NO3/c1-5-6-12(3)13(16)15-10-11(2)9-14(4)17-7-8-18-14/h6,11H,5,7-10H2,1-4H3,(H,15,16)/b12-6+. The minimum absolute atomic E-state index is 0.0158. The van der Waals surface area contributed by atoms with Crippen LogP contribution in [0.3, 0.4) is 0 Å². The molecular weight excluding hydrogens is 230 g/mol. The Hall–Kier alpha value is -0.870. The van der Waals surface area contributed by atoms with Crippen LogP contribution in [0, 0.1) is 5.92 Å². The average Bonchev–Trinajstić information content (AvgIpc) is 2.72. The normalized spacial score (nSPS) is 20.8. The van der Waals surface area contributed by atoms with Crippen LogP contribution in [0.15, 0.2) is 11.6 Å². The van der Waals surface area contributed by atoms with Gasteiger partial charge in [0.15, 0.2) is 5.79 Å². The van der Waals surface area contributed by atoms with E-state index in [0.29, 0.717) is 25.7 Å². The van der Waals surface area contributed by atoms with Crippen molar-refractivity contribution in [3.63, 3.8) is 0 Å². The Kier molecular flexibility index (Phi) is 5.82. The minimum atomic E-state index is -0.474. The van der Waals surface area contributed by atoms with Crippen molar-refractivity contribution in [1.29, 1.82) is 0 Å². The van der Waals surface area contributed by atoms with E-state index in [4.69, 9.17) is 9.47 Å². The van der Waals surface area contributed by atoms with Crippen molar-refractivity contribution in [1.82, 2.24) is 5.32 Å². The van der Waals surface area contributed by atoms with Crippen LogP contribution < -0.4 is 5.32 Å². The summed E-state index contributed by atoms with van der Waals surface area (Å²) in [5.41, 5.74) is 0.782. The van der Waals surface area contributed by atoms with E-state index in [9.17, 15) is 4.79 Å². The quantitative estimate of drug-likeness (QED) is 0.740. The SMILES string of the molecule is CC/C=C(\C)C(=O)NCC(C)CC1(C)OCCO1. The van der Waals surface area contributed by atoms with Gasteiger partial charge in [0, 0.05) is 18.5 Å². The van der Waals surface area contributed by atoms with Crippen LogP contribution in [0.5, 0.6) is 0 Å². The fourth-order valence-electron chi connectivity index (χ4n) is 2.19. The molecular formula is C14H25NO3. The Morgan fingerprint density at radius 2 is 2.06 bits per heavy atom. The molecule has 1 fully saturated rings. The second-order valence-electron chi connectivity index (χ2n) is 5.15.